The maximum absolute atomic E-state index is 9.18. The van der Waals surface area contributed by atoms with Crippen LogP contribution in [-0.4, -0.2) is 29.3 Å². The highest BCUT2D eigenvalue weighted by Gasteiger charge is 2.09. The molecule has 0 aliphatic carbocycles. The quantitative estimate of drug-likeness (QED) is 0.805. The van der Waals surface area contributed by atoms with Crippen molar-refractivity contribution in [2.24, 2.45) is 0 Å². The van der Waals surface area contributed by atoms with Crippen molar-refractivity contribution in [1.29, 1.82) is 0 Å². The predicted molar refractivity (Wildman–Crippen MR) is 85.6 cm³/mol. The molecule has 1 atom stereocenters. The molecule has 0 saturated carbocycles. The van der Waals surface area contributed by atoms with E-state index in [1.54, 1.807) is 18.3 Å². The van der Waals surface area contributed by atoms with E-state index >= 15 is 0 Å². The molecule has 2 aromatic rings. The Labute approximate surface area is 128 Å². The Morgan fingerprint density at radius 1 is 1.35 bits per heavy atom. The Morgan fingerprint density at radius 3 is 2.70 bits per heavy atom. The molecule has 3 nitrogen and oxygen atoms in total. The highest BCUT2D eigenvalue weighted by Crippen LogP contribution is 2.28. The van der Waals surface area contributed by atoms with Gasteiger partial charge in [0.2, 0.25) is 0 Å². The van der Waals surface area contributed by atoms with E-state index in [-0.39, 0.29) is 6.10 Å². The van der Waals surface area contributed by atoms with Gasteiger partial charge in [-0.15, -0.1) is 11.3 Å². The summed E-state index contributed by atoms with van der Waals surface area (Å²) in [5.41, 5.74) is 2.14. The number of hydrogen-bond donors (Lipinski definition) is 2. The summed E-state index contributed by atoms with van der Waals surface area (Å²) in [5, 5.41) is 14.2. The van der Waals surface area contributed by atoms with Gasteiger partial charge in [0.05, 0.1) is 16.8 Å². The average Bonchev–Trinajstić information content (AvgIpc) is 2.77. The zero-order valence-corrected chi connectivity index (χ0v) is 13.3. The molecule has 5 heteroatoms. The second kappa shape index (κ2) is 7.18. The van der Waals surface area contributed by atoms with Crippen LogP contribution in [0.3, 0.4) is 0 Å². The predicted octanol–water partition coefficient (Wildman–Crippen LogP) is 3.28. The third-order valence-corrected chi connectivity index (χ3v) is 4.20. The van der Waals surface area contributed by atoms with E-state index in [9.17, 15) is 5.11 Å². The van der Waals surface area contributed by atoms with E-state index < -0.39 is 0 Å². The van der Waals surface area contributed by atoms with E-state index in [0.717, 1.165) is 34.3 Å². The summed E-state index contributed by atoms with van der Waals surface area (Å²) in [4.78, 5) is 5.92. The van der Waals surface area contributed by atoms with Gasteiger partial charge < -0.3 is 10.4 Å². The smallest absolute Gasteiger partial charge is 0.0948 e. The molecule has 108 valence electrons. The molecule has 20 heavy (non-hydrogen) atoms. The van der Waals surface area contributed by atoms with E-state index in [0.29, 0.717) is 6.54 Å². The fourth-order valence-electron chi connectivity index (χ4n) is 1.94. The summed E-state index contributed by atoms with van der Waals surface area (Å²) < 4.78 is 0. The Balaban J connectivity index is 2.00. The maximum atomic E-state index is 9.18. The van der Waals surface area contributed by atoms with E-state index in [1.807, 2.05) is 24.3 Å². The van der Waals surface area contributed by atoms with Gasteiger partial charge in [-0.05, 0) is 26.0 Å². The SMILES string of the molecule is Cc1sc(CCNCC(C)O)nc1-c1ccc(Cl)cc1. The summed E-state index contributed by atoms with van der Waals surface area (Å²) >= 11 is 7.63. The van der Waals surface area contributed by atoms with Crippen LogP contribution in [0.1, 0.15) is 16.8 Å². The van der Waals surface area contributed by atoms with Crippen LogP contribution in [0.5, 0.6) is 0 Å². The number of aryl methyl sites for hydroxylation is 1. The zero-order chi connectivity index (χ0) is 14.5. The van der Waals surface area contributed by atoms with Crippen LogP contribution in [-0.2, 0) is 6.42 Å². The molecule has 0 bridgehead atoms. The van der Waals surface area contributed by atoms with Crippen LogP contribution >= 0.6 is 22.9 Å². The molecule has 1 aromatic heterocycles. The Kier molecular flexibility index (Phi) is 5.54. The first kappa shape index (κ1) is 15.4. The van der Waals surface area contributed by atoms with E-state index in [4.69, 9.17) is 16.6 Å². The van der Waals surface area contributed by atoms with Crippen molar-refractivity contribution in [2.45, 2.75) is 26.4 Å². The molecule has 0 spiro atoms. The van der Waals surface area contributed by atoms with Gasteiger partial charge in [-0.2, -0.15) is 0 Å². The molecular formula is C15H19ClN2OS. The first-order chi connectivity index (χ1) is 9.56. The van der Waals surface area contributed by atoms with Crippen LogP contribution in [0, 0.1) is 6.92 Å². The largest absolute Gasteiger partial charge is 0.392 e. The number of hydrogen-bond acceptors (Lipinski definition) is 4. The summed E-state index contributed by atoms with van der Waals surface area (Å²) in [5.74, 6) is 0. The number of thiazole rings is 1. The molecule has 2 N–H and O–H groups in total. The lowest BCUT2D eigenvalue weighted by Crippen LogP contribution is -2.26. The van der Waals surface area contributed by atoms with Crippen molar-refractivity contribution in [3.63, 3.8) is 0 Å². The van der Waals surface area contributed by atoms with Crippen molar-refractivity contribution >= 4 is 22.9 Å². The van der Waals surface area contributed by atoms with Crippen LogP contribution in [0.4, 0.5) is 0 Å². The number of rotatable bonds is 6. The molecule has 0 aliphatic heterocycles. The lowest BCUT2D eigenvalue weighted by Gasteiger charge is -2.04. The summed E-state index contributed by atoms with van der Waals surface area (Å²) in [6, 6.07) is 7.78. The van der Waals surface area contributed by atoms with Gasteiger partial charge in [-0.1, -0.05) is 23.7 Å². The first-order valence-corrected chi connectivity index (χ1v) is 7.86. The summed E-state index contributed by atoms with van der Waals surface area (Å²) in [7, 11) is 0. The Hall–Kier alpha value is -0.940. The average molecular weight is 311 g/mol. The maximum Gasteiger partial charge on any atom is 0.0948 e. The van der Waals surface area contributed by atoms with Crippen LogP contribution < -0.4 is 5.32 Å². The van der Waals surface area contributed by atoms with Crippen LogP contribution in [0.15, 0.2) is 24.3 Å². The molecule has 2 rings (SSSR count). The van der Waals surface area contributed by atoms with E-state index in [2.05, 4.69) is 12.2 Å². The molecule has 1 unspecified atom stereocenters. The molecular weight excluding hydrogens is 292 g/mol. The first-order valence-electron chi connectivity index (χ1n) is 6.67. The number of aliphatic hydroxyl groups excluding tert-OH is 1. The van der Waals surface area contributed by atoms with Crippen molar-refractivity contribution in [1.82, 2.24) is 10.3 Å². The number of nitrogens with zero attached hydrogens (tertiary/aromatic N) is 1. The normalized spacial score (nSPS) is 12.6. The molecule has 0 saturated heterocycles. The van der Waals surface area contributed by atoms with Crippen molar-refractivity contribution < 1.29 is 5.11 Å². The Bertz CT molecular complexity index is 552. The minimum absolute atomic E-state index is 0.308. The van der Waals surface area contributed by atoms with Gasteiger partial charge in [0.25, 0.3) is 0 Å². The number of halogens is 1. The molecule has 0 radical (unpaired) electrons. The lowest BCUT2D eigenvalue weighted by atomic mass is 10.1. The van der Waals surface area contributed by atoms with Crippen molar-refractivity contribution in [3.8, 4) is 11.3 Å². The van der Waals surface area contributed by atoms with Gasteiger partial charge in [0, 0.05) is 35.0 Å². The molecule has 0 aliphatic rings. The van der Waals surface area contributed by atoms with E-state index in [1.165, 1.54) is 4.88 Å². The lowest BCUT2D eigenvalue weighted by molar-refractivity contribution is 0.191. The fourth-order valence-corrected chi connectivity index (χ4v) is 3.02. The minimum atomic E-state index is -0.308. The van der Waals surface area contributed by atoms with Crippen LogP contribution in [0.2, 0.25) is 5.02 Å². The van der Waals surface area contributed by atoms with Gasteiger partial charge in [-0.3, -0.25) is 0 Å². The number of nitrogens with one attached hydrogen (secondary N) is 1. The topological polar surface area (TPSA) is 45.1 Å². The number of aromatic nitrogens is 1. The van der Waals surface area contributed by atoms with Gasteiger partial charge in [0.1, 0.15) is 0 Å². The highest BCUT2D eigenvalue weighted by molar-refractivity contribution is 7.12. The number of benzene rings is 1. The molecule has 1 aromatic carbocycles. The van der Waals surface area contributed by atoms with Gasteiger partial charge in [0.15, 0.2) is 0 Å². The molecule has 0 fully saturated rings. The Morgan fingerprint density at radius 2 is 2.05 bits per heavy atom. The van der Waals surface area contributed by atoms with Crippen LogP contribution in [0.25, 0.3) is 11.3 Å². The van der Waals surface area contributed by atoms with Crippen molar-refractivity contribution in [2.75, 3.05) is 13.1 Å². The number of aliphatic hydroxyl groups is 1. The van der Waals surface area contributed by atoms with Gasteiger partial charge in [-0.25, -0.2) is 4.98 Å². The van der Waals surface area contributed by atoms with Crippen molar-refractivity contribution in [3.05, 3.63) is 39.2 Å². The zero-order valence-electron chi connectivity index (χ0n) is 11.7. The minimum Gasteiger partial charge on any atom is -0.392 e. The molecule has 0 amide bonds. The highest BCUT2D eigenvalue weighted by atomic mass is 35.5. The monoisotopic (exact) mass is 310 g/mol. The third kappa shape index (κ3) is 4.28. The molecule has 1 heterocycles. The third-order valence-electron chi connectivity index (χ3n) is 2.91. The van der Waals surface area contributed by atoms with Gasteiger partial charge >= 0.3 is 0 Å². The summed E-state index contributed by atoms with van der Waals surface area (Å²) in [6.45, 7) is 5.32. The second-order valence-electron chi connectivity index (χ2n) is 4.82. The fraction of sp³-hybridized carbons (Fsp3) is 0.400. The summed E-state index contributed by atoms with van der Waals surface area (Å²) in [6.07, 6.45) is 0.573. The standard InChI is InChI=1S/C15H19ClN2OS/c1-10(19)9-17-8-7-14-18-15(11(2)20-14)12-3-5-13(16)6-4-12/h3-6,10,17,19H,7-9H2,1-2H3. The second-order valence-corrected chi connectivity index (χ2v) is 6.55.